The molecule has 6 atom stereocenters. The molecule has 3 saturated heterocycles. The number of aliphatic hydroxyl groups excluding tert-OH is 1. The first kappa shape index (κ1) is 14.5. The third-order valence-corrected chi connectivity index (χ3v) is 7.02. The van der Waals surface area contributed by atoms with Crippen LogP contribution in [-0.4, -0.2) is 57.0 Å². The first-order valence-corrected chi connectivity index (χ1v) is 8.77. The van der Waals surface area contributed by atoms with Crippen molar-refractivity contribution in [3.63, 3.8) is 0 Å². The van der Waals surface area contributed by atoms with Gasteiger partial charge < -0.3 is 20.4 Å². The number of nitrogens with zero attached hydrogens (tertiary/aromatic N) is 1. The lowest BCUT2D eigenvalue weighted by atomic mass is 9.76. The van der Waals surface area contributed by atoms with Gasteiger partial charge in [0.15, 0.2) is 0 Å². The van der Waals surface area contributed by atoms with Crippen molar-refractivity contribution in [1.82, 2.24) is 10.2 Å². The zero-order chi connectivity index (χ0) is 15.6. The van der Waals surface area contributed by atoms with Crippen molar-refractivity contribution in [2.75, 3.05) is 6.54 Å². The smallest absolute Gasteiger partial charge is 0.353 e. The van der Waals surface area contributed by atoms with E-state index < -0.39 is 18.0 Å². The molecule has 3 N–H and O–H groups in total. The van der Waals surface area contributed by atoms with E-state index in [0.29, 0.717) is 11.3 Å². The van der Waals surface area contributed by atoms with Gasteiger partial charge in [0.2, 0.25) is 5.91 Å². The number of aliphatic hydroxyl groups is 1. The number of nitrogens with one attached hydrogen (secondary N) is 1. The van der Waals surface area contributed by atoms with Gasteiger partial charge in [-0.05, 0) is 32.7 Å². The molecular weight excluding hydrogens is 304 g/mol. The van der Waals surface area contributed by atoms with Gasteiger partial charge in [0.25, 0.3) is 0 Å². The number of aliphatic carboxylic acids is 1. The maximum absolute atomic E-state index is 12.2. The first-order chi connectivity index (χ1) is 10.5. The van der Waals surface area contributed by atoms with E-state index >= 15 is 0 Å². The Labute approximate surface area is 132 Å². The van der Waals surface area contributed by atoms with Crippen LogP contribution in [0.15, 0.2) is 10.6 Å². The van der Waals surface area contributed by atoms with Crippen LogP contribution in [0.25, 0.3) is 0 Å². The quantitative estimate of drug-likeness (QED) is 0.650. The predicted octanol–water partition coefficient (Wildman–Crippen LogP) is 0.378. The van der Waals surface area contributed by atoms with Crippen LogP contribution in [0, 0.1) is 11.8 Å². The molecule has 0 bridgehead atoms. The fourth-order valence-corrected chi connectivity index (χ4v) is 6.23. The number of hydrogen-bond acceptors (Lipinski definition) is 5. The molecule has 4 heterocycles. The van der Waals surface area contributed by atoms with Crippen molar-refractivity contribution < 1.29 is 19.8 Å². The van der Waals surface area contributed by atoms with Crippen LogP contribution in [0.2, 0.25) is 0 Å². The van der Waals surface area contributed by atoms with E-state index in [0.717, 1.165) is 24.3 Å². The highest BCUT2D eigenvalue weighted by molar-refractivity contribution is 8.04. The molecule has 0 aliphatic carbocycles. The summed E-state index contributed by atoms with van der Waals surface area (Å²) in [5.74, 6) is -1.63. The molecule has 0 aromatic heterocycles. The Morgan fingerprint density at radius 1 is 1.50 bits per heavy atom. The van der Waals surface area contributed by atoms with Gasteiger partial charge in [0.05, 0.1) is 18.1 Å². The lowest BCUT2D eigenvalue weighted by molar-refractivity contribution is -0.163. The number of carbonyl (C=O) groups is 2. The highest BCUT2D eigenvalue weighted by atomic mass is 32.2. The van der Waals surface area contributed by atoms with E-state index in [2.05, 4.69) is 5.32 Å². The Kier molecular flexibility index (Phi) is 3.29. The number of carboxylic acids is 1. The normalized spacial score (nSPS) is 41.5. The summed E-state index contributed by atoms with van der Waals surface area (Å²) in [4.78, 5) is 26.1. The molecule has 4 aliphatic heterocycles. The summed E-state index contributed by atoms with van der Waals surface area (Å²) in [7, 11) is 0. The number of fused-ring (bicyclic) bond motifs is 3. The van der Waals surface area contributed by atoms with E-state index in [-0.39, 0.29) is 23.6 Å². The number of thioether (sulfide) groups is 1. The van der Waals surface area contributed by atoms with Crippen molar-refractivity contribution >= 4 is 23.6 Å². The second kappa shape index (κ2) is 4.97. The Morgan fingerprint density at radius 3 is 2.86 bits per heavy atom. The van der Waals surface area contributed by atoms with Crippen LogP contribution in [0.3, 0.4) is 0 Å². The highest BCUT2D eigenvalue weighted by Crippen LogP contribution is 2.58. The first-order valence-electron chi connectivity index (χ1n) is 7.89. The van der Waals surface area contributed by atoms with Gasteiger partial charge in [-0.2, -0.15) is 0 Å². The van der Waals surface area contributed by atoms with E-state index in [1.54, 1.807) is 18.7 Å². The molecule has 0 aromatic carbocycles. The molecule has 120 valence electrons. The van der Waals surface area contributed by atoms with E-state index in [1.807, 2.05) is 0 Å². The highest BCUT2D eigenvalue weighted by Gasteiger charge is 2.63. The van der Waals surface area contributed by atoms with Gasteiger partial charge in [-0.25, -0.2) is 4.79 Å². The summed E-state index contributed by atoms with van der Waals surface area (Å²) >= 11 is 1.64. The molecule has 1 amide bonds. The Hall–Kier alpha value is -1.05. The van der Waals surface area contributed by atoms with Crippen molar-refractivity contribution in [2.45, 2.75) is 49.6 Å². The minimum atomic E-state index is -1.02. The molecule has 0 spiro atoms. The standard InChI is InChI=1S/C15H20N2O4S/c1-6(18)10-11-7-5-9(8-3-2-4-16-8)22-13(7)12(15(20)21)17(11)14(10)19/h6-11,16,18H,2-5H2,1H3,(H,20,21)/t6-,7+,8?,9?,10-,11-/m1/s1. The largest absolute Gasteiger partial charge is 0.477 e. The molecule has 4 aliphatic rings. The lowest BCUT2D eigenvalue weighted by Gasteiger charge is -2.47. The number of carboxylic acid groups (broad SMARTS) is 1. The number of amides is 1. The average molecular weight is 324 g/mol. The Bertz CT molecular complexity index is 570. The van der Waals surface area contributed by atoms with E-state index in [1.165, 1.54) is 11.3 Å². The molecule has 22 heavy (non-hydrogen) atoms. The van der Waals surface area contributed by atoms with Gasteiger partial charge in [0.1, 0.15) is 5.70 Å². The van der Waals surface area contributed by atoms with Crippen LogP contribution in [0.4, 0.5) is 0 Å². The lowest BCUT2D eigenvalue weighted by Crippen LogP contribution is -2.64. The number of β-lactam (4-membered cyclic amide) rings is 1. The van der Waals surface area contributed by atoms with Crippen LogP contribution in [0.5, 0.6) is 0 Å². The molecule has 0 aromatic rings. The Morgan fingerprint density at radius 2 is 2.27 bits per heavy atom. The van der Waals surface area contributed by atoms with Gasteiger partial charge in [-0.3, -0.25) is 4.79 Å². The van der Waals surface area contributed by atoms with E-state index in [4.69, 9.17) is 0 Å². The Balaban J connectivity index is 1.65. The fourth-order valence-electron chi connectivity index (χ4n) is 4.50. The average Bonchev–Trinajstić information content (AvgIpc) is 3.11. The summed E-state index contributed by atoms with van der Waals surface area (Å²) in [6, 6.07) is 0.278. The van der Waals surface area contributed by atoms with Gasteiger partial charge in [0, 0.05) is 22.1 Å². The van der Waals surface area contributed by atoms with Crippen molar-refractivity contribution in [1.29, 1.82) is 0 Å². The minimum absolute atomic E-state index is 0.0841. The van der Waals surface area contributed by atoms with Crippen molar-refractivity contribution in [2.24, 2.45) is 11.8 Å². The van der Waals surface area contributed by atoms with Crippen LogP contribution >= 0.6 is 11.8 Å². The molecule has 3 fully saturated rings. The molecule has 0 radical (unpaired) electrons. The minimum Gasteiger partial charge on any atom is -0.477 e. The molecule has 2 unspecified atom stereocenters. The molecule has 0 saturated carbocycles. The second-order valence-electron chi connectivity index (χ2n) is 6.68. The van der Waals surface area contributed by atoms with Crippen molar-refractivity contribution in [3.8, 4) is 0 Å². The molecule has 6 nitrogen and oxygen atoms in total. The summed E-state index contributed by atoms with van der Waals surface area (Å²) < 4.78 is 0. The zero-order valence-electron chi connectivity index (χ0n) is 12.4. The number of rotatable bonds is 3. The summed E-state index contributed by atoms with van der Waals surface area (Å²) in [6.45, 7) is 2.65. The molecular formula is C15H20N2O4S. The third kappa shape index (κ3) is 1.82. The van der Waals surface area contributed by atoms with Crippen LogP contribution in [-0.2, 0) is 9.59 Å². The van der Waals surface area contributed by atoms with Crippen molar-refractivity contribution in [3.05, 3.63) is 10.6 Å². The maximum atomic E-state index is 12.2. The summed E-state index contributed by atoms with van der Waals surface area (Å²) in [6.07, 6.45) is 2.47. The van der Waals surface area contributed by atoms with Gasteiger partial charge in [-0.15, -0.1) is 11.8 Å². The third-order valence-electron chi connectivity index (χ3n) is 5.45. The van der Waals surface area contributed by atoms with E-state index in [9.17, 15) is 19.8 Å². The summed E-state index contributed by atoms with van der Waals surface area (Å²) in [5, 5.41) is 23.3. The monoisotopic (exact) mass is 324 g/mol. The zero-order valence-corrected chi connectivity index (χ0v) is 13.2. The second-order valence-corrected chi connectivity index (χ2v) is 7.97. The van der Waals surface area contributed by atoms with Gasteiger partial charge >= 0.3 is 5.97 Å². The topological polar surface area (TPSA) is 89.9 Å². The molecule has 7 heteroatoms. The fraction of sp³-hybridized carbons (Fsp3) is 0.733. The predicted molar refractivity (Wildman–Crippen MR) is 81.0 cm³/mol. The molecule has 4 rings (SSSR count). The van der Waals surface area contributed by atoms with Gasteiger partial charge in [-0.1, -0.05) is 0 Å². The van der Waals surface area contributed by atoms with Crippen LogP contribution in [0.1, 0.15) is 26.2 Å². The summed E-state index contributed by atoms with van der Waals surface area (Å²) in [5.41, 5.74) is 0.169. The number of hydrogen-bond donors (Lipinski definition) is 3. The van der Waals surface area contributed by atoms with Crippen LogP contribution < -0.4 is 5.32 Å². The SMILES string of the molecule is C[C@@H](O)[C@H]1C(=O)N2C(C(=O)O)=C3SC(C4CCCN4)C[C@H]3[C@H]12. The number of carbonyl (C=O) groups excluding carboxylic acids is 1. The maximum Gasteiger partial charge on any atom is 0.353 e.